The molecule has 1 fully saturated rings. The van der Waals surface area contributed by atoms with Gasteiger partial charge in [-0.15, -0.1) is 0 Å². The standard InChI is InChI=1S/C30H34N4O6/c1-30(2,3)40-29(36)34(19-21-9-10-22(37-4)17-25(21)38-5)26-18-24(28(35)33-13-15-39-16-14-33)23-8-6-7-20(11-12-31)27(23)32-26/h6-10,17-18H,11,13-16,19H2,1-5H3. The number of nitrogens with zero attached hydrogens (tertiary/aromatic N) is 4. The van der Waals surface area contributed by atoms with Gasteiger partial charge in [-0.1, -0.05) is 18.2 Å². The minimum Gasteiger partial charge on any atom is -0.497 e. The molecule has 1 saturated heterocycles. The fraction of sp³-hybridized carbons (Fsp3) is 0.400. The van der Waals surface area contributed by atoms with Crippen molar-refractivity contribution in [2.24, 2.45) is 0 Å². The summed E-state index contributed by atoms with van der Waals surface area (Å²) >= 11 is 0. The minimum absolute atomic E-state index is 0.0478. The largest absolute Gasteiger partial charge is 0.497 e. The van der Waals surface area contributed by atoms with Gasteiger partial charge in [-0.05, 0) is 44.5 Å². The normalized spacial score (nSPS) is 13.4. The molecule has 0 unspecified atom stereocenters. The molecule has 0 atom stereocenters. The molecule has 2 aromatic carbocycles. The van der Waals surface area contributed by atoms with E-state index in [1.165, 1.54) is 12.0 Å². The van der Waals surface area contributed by atoms with Gasteiger partial charge in [0.05, 0.1) is 57.5 Å². The average molecular weight is 547 g/mol. The first-order valence-corrected chi connectivity index (χ1v) is 13.0. The number of aromatic nitrogens is 1. The Labute approximate surface area is 234 Å². The smallest absolute Gasteiger partial charge is 0.416 e. The molecule has 0 aliphatic carbocycles. The Morgan fingerprint density at radius 3 is 2.48 bits per heavy atom. The molecule has 3 aromatic rings. The molecule has 40 heavy (non-hydrogen) atoms. The third-order valence-electron chi connectivity index (χ3n) is 6.42. The lowest BCUT2D eigenvalue weighted by atomic mass is 10.0. The van der Waals surface area contributed by atoms with Gasteiger partial charge in [0.15, 0.2) is 0 Å². The van der Waals surface area contributed by atoms with Crippen molar-refractivity contribution in [1.29, 1.82) is 5.26 Å². The number of carbonyl (C=O) groups excluding carboxylic acids is 2. The zero-order chi connectivity index (χ0) is 28.9. The molecule has 0 N–H and O–H groups in total. The Morgan fingerprint density at radius 2 is 1.82 bits per heavy atom. The molecule has 1 aliphatic heterocycles. The van der Waals surface area contributed by atoms with Gasteiger partial charge in [-0.3, -0.25) is 9.69 Å². The van der Waals surface area contributed by atoms with Crippen LogP contribution in [0.3, 0.4) is 0 Å². The molecule has 4 rings (SSSR count). The summed E-state index contributed by atoms with van der Waals surface area (Å²) in [7, 11) is 3.10. The first-order valence-electron chi connectivity index (χ1n) is 13.0. The number of morpholine rings is 1. The van der Waals surface area contributed by atoms with Crippen LogP contribution in [0.5, 0.6) is 11.5 Å². The van der Waals surface area contributed by atoms with Crippen LogP contribution in [0.15, 0.2) is 42.5 Å². The Hall–Kier alpha value is -4.36. The van der Waals surface area contributed by atoms with Crippen molar-refractivity contribution in [2.75, 3.05) is 45.4 Å². The van der Waals surface area contributed by atoms with Gasteiger partial charge in [-0.25, -0.2) is 9.78 Å². The van der Waals surface area contributed by atoms with Crippen molar-refractivity contribution < 1.29 is 28.5 Å². The van der Waals surface area contributed by atoms with Gasteiger partial charge in [0, 0.05) is 30.1 Å². The molecule has 0 saturated carbocycles. The van der Waals surface area contributed by atoms with E-state index in [-0.39, 0.29) is 24.7 Å². The fourth-order valence-corrected chi connectivity index (χ4v) is 4.48. The number of rotatable bonds is 7. The summed E-state index contributed by atoms with van der Waals surface area (Å²) < 4.78 is 22.1. The molecular weight excluding hydrogens is 512 g/mol. The summed E-state index contributed by atoms with van der Waals surface area (Å²) in [5.74, 6) is 1.15. The number of ether oxygens (including phenoxy) is 4. The number of anilines is 1. The Balaban J connectivity index is 1.90. The van der Waals surface area contributed by atoms with E-state index in [9.17, 15) is 14.9 Å². The molecule has 1 aromatic heterocycles. The highest BCUT2D eigenvalue weighted by molar-refractivity contribution is 6.08. The van der Waals surface area contributed by atoms with E-state index in [4.69, 9.17) is 23.9 Å². The molecule has 2 heterocycles. The van der Waals surface area contributed by atoms with E-state index < -0.39 is 11.7 Å². The summed E-state index contributed by atoms with van der Waals surface area (Å²) in [5.41, 5.74) is 1.42. The number of nitriles is 1. The van der Waals surface area contributed by atoms with Crippen LogP contribution in [0.1, 0.15) is 42.3 Å². The second-order valence-electron chi connectivity index (χ2n) is 10.3. The van der Waals surface area contributed by atoms with Crippen LogP contribution >= 0.6 is 0 Å². The van der Waals surface area contributed by atoms with E-state index >= 15 is 0 Å². The van der Waals surface area contributed by atoms with Crippen LogP contribution in [-0.4, -0.2) is 68.0 Å². The first-order chi connectivity index (χ1) is 19.1. The van der Waals surface area contributed by atoms with Crippen molar-refractivity contribution in [3.05, 3.63) is 59.2 Å². The Bertz CT molecular complexity index is 1440. The van der Waals surface area contributed by atoms with Crippen LogP contribution < -0.4 is 14.4 Å². The number of hydrogen-bond acceptors (Lipinski definition) is 8. The molecule has 10 nitrogen and oxygen atoms in total. The monoisotopic (exact) mass is 546 g/mol. The number of carbonyl (C=O) groups is 2. The van der Waals surface area contributed by atoms with Gasteiger partial charge in [0.25, 0.3) is 5.91 Å². The molecule has 0 radical (unpaired) electrons. The average Bonchev–Trinajstić information content (AvgIpc) is 2.94. The van der Waals surface area contributed by atoms with E-state index in [0.29, 0.717) is 65.4 Å². The molecular formula is C30H34N4O6. The lowest BCUT2D eigenvalue weighted by Gasteiger charge is -2.29. The highest BCUT2D eigenvalue weighted by Crippen LogP contribution is 2.32. The summed E-state index contributed by atoms with van der Waals surface area (Å²) in [4.78, 5) is 35.4. The number of hydrogen-bond donors (Lipinski definition) is 0. The predicted octanol–water partition coefficient (Wildman–Crippen LogP) is 4.73. The Kier molecular flexibility index (Phi) is 8.75. The van der Waals surface area contributed by atoms with Crippen molar-refractivity contribution in [2.45, 2.75) is 39.3 Å². The van der Waals surface area contributed by atoms with Crippen molar-refractivity contribution >= 4 is 28.7 Å². The molecule has 0 spiro atoms. The number of amides is 2. The van der Waals surface area contributed by atoms with Gasteiger partial charge < -0.3 is 23.8 Å². The maximum atomic E-state index is 13.8. The fourth-order valence-electron chi connectivity index (χ4n) is 4.48. The van der Waals surface area contributed by atoms with Crippen LogP contribution in [0.25, 0.3) is 10.9 Å². The minimum atomic E-state index is -0.783. The molecule has 2 amide bonds. The molecule has 10 heteroatoms. The third kappa shape index (κ3) is 6.43. The van der Waals surface area contributed by atoms with Crippen molar-refractivity contribution in [1.82, 2.24) is 9.88 Å². The van der Waals surface area contributed by atoms with Crippen LogP contribution in [0, 0.1) is 11.3 Å². The van der Waals surface area contributed by atoms with Crippen LogP contribution in [0.4, 0.5) is 10.6 Å². The number of fused-ring (bicyclic) bond motifs is 1. The summed E-state index contributed by atoms with van der Waals surface area (Å²) in [5, 5.41) is 10.1. The zero-order valence-electron chi connectivity index (χ0n) is 23.5. The molecule has 1 aliphatic rings. The summed E-state index contributed by atoms with van der Waals surface area (Å²) in [6.45, 7) is 7.19. The highest BCUT2D eigenvalue weighted by Gasteiger charge is 2.29. The predicted molar refractivity (Wildman–Crippen MR) is 150 cm³/mol. The van der Waals surface area contributed by atoms with E-state index in [1.807, 2.05) is 6.07 Å². The second kappa shape index (κ2) is 12.2. The number of para-hydroxylation sites is 1. The topological polar surface area (TPSA) is 114 Å². The van der Waals surface area contributed by atoms with Gasteiger partial charge in [0.1, 0.15) is 22.9 Å². The van der Waals surface area contributed by atoms with E-state index in [2.05, 4.69) is 6.07 Å². The quantitative estimate of drug-likeness (QED) is 0.418. The Morgan fingerprint density at radius 1 is 1.07 bits per heavy atom. The number of pyridine rings is 1. The highest BCUT2D eigenvalue weighted by atomic mass is 16.6. The van der Waals surface area contributed by atoms with E-state index in [1.54, 1.807) is 69.2 Å². The zero-order valence-corrected chi connectivity index (χ0v) is 23.5. The number of methoxy groups -OCH3 is 2. The summed E-state index contributed by atoms with van der Waals surface area (Å²) in [6, 6.07) is 14.5. The maximum absolute atomic E-state index is 13.8. The SMILES string of the molecule is COc1ccc(CN(C(=O)OC(C)(C)C)c2cc(C(=O)N3CCOCC3)c3cccc(CC#N)c3n2)c(OC)c1. The number of benzene rings is 2. The third-order valence-corrected chi connectivity index (χ3v) is 6.42. The van der Waals surface area contributed by atoms with Crippen molar-refractivity contribution in [3.63, 3.8) is 0 Å². The van der Waals surface area contributed by atoms with Gasteiger partial charge in [-0.2, -0.15) is 5.26 Å². The maximum Gasteiger partial charge on any atom is 0.416 e. The van der Waals surface area contributed by atoms with Crippen molar-refractivity contribution in [3.8, 4) is 17.6 Å². The van der Waals surface area contributed by atoms with Gasteiger partial charge >= 0.3 is 6.09 Å². The van der Waals surface area contributed by atoms with Crippen LogP contribution in [-0.2, 0) is 22.4 Å². The lowest BCUT2D eigenvalue weighted by molar-refractivity contribution is 0.0304. The first kappa shape index (κ1) is 28.6. The summed E-state index contributed by atoms with van der Waals surface area (Å²) in [6.07, 6.45) is -0.544. The van der Waals surface area contributed by atoms with E-state index in [0.717, 1.165) is 0 Å². The molecule has 0 bridgehead atoms. The molecule has 210 valence electrons. The van der Waals surface area contributed by atoms with Gasteiger partial charge in [0.2, 0.25) is 0 Å². The van der Waals surface area contributed by atoms with Crippen LogP contribution in [0.2, 0.25) is 0 Å². The lowest BCUT2D eigenvalue weighted by Crippen LogP contribution is -2.41. The second-order valence-corrected chi connectivity index (χ2v) is 10.3.